The molecule has 0 aromatic carbocycles. The van der Waals surface area contributed by atoms with Crippen molar-refractivity contribution in [3.05, 3.63) is 35.7 Å². The Hall–Kier alpha value is -3.23. The molecule has 3 aromatic heterocycles. The molecule has 1 N–H and O–H groups in total. The normalized spacial score (nSPS) is 13.2. The molecular formula is C18H16F6N6O2S. The first-order valence-electron chi connectivity index (χ1n) is 9.19. The van der Waals surface area contributed by atoms with Crippen molar-refractivity contribution >= 4 is 27.2 Å². The van der Waals surface area contributed by atoms with E-state index in [1.807, 2.05) is 0 Å². The Labute approximate surface area is 183 Å². The Kier molecular flexibility index (Phi) is 6.37. The van der Waals surface area contributed by atoms with Crippen LogP contribution in [0.15, 0.2) is 34.4 Å². The quantitative estimate of drug-likeness (QED) is 0.321. The summed E-state index contributed by atoms with van der Waals surface area (Å²) in [5.74, 6) is -0.398. The number of pyridine rings is 2. The first kappa shape index (κ1) is 24.4. The monoisotopic (exact) mass is 494 g/mol. The average molecular weight is 494 g/mol. The van der Waals surface area contributed by atoms with Crippen LogP contribution in [0.4, 0.5) is 26.3 Å². The number of hydrazone groups is 1. The molecule has 0 amide bonds. The fourth-order valence-electron chi connectivity index (χ4n) is 2.79. The topological polar surface area (TPSA) is 102 Å². The van der Waals surface area contributed by atoms with E-state index in [-0.39, 0.29) is 39.0 Å². The van der Waals surface area contributed by atoms with Crippen LogP contribution < -0.4 is 5.43 Å². The smallest absolute Gasteiger partial charge is 0.310 e. The van der Waals surface area contributed by atoms with Crippen LogP contribution in [0, 0.1) is 0 Å². The molecule has 8 nitrogen and oxygen atoms in total. The number of nitrogens with one attached hydrogen (secondary N) is 1. The Morgan fingerprint density at radius 2 is 1.85 bits per heavy atom. The maximum absolute atomic E-state index is 13.0. The summed E-state index contributed by atoms with van der Waals surface area (Å²) >= 11 is 0. The minimum absolute atomic E-state index is 0.00859. The molecule has 3 aromatic rings. The van der Waals surface area contributed by atoms with Crippen LogP contribution in [0.2, 0.25) is 0 Å². The van der Waals surface area contributed by atoms with Gasteiger partial charge < -0.3 is 9.99 Å². The highest BCUT2D eigenvalue weighted by atomic mass is 32.2. The number of fused-ring (bicyclic) bond motifs is 1. The van der Waals surface area contributed by atoms with Gasteiger partial charge in [-0.1, -0.05) is 6.92 Å². The molecule has 0 unspecified atom stereocenters. The molecule has 0 fully saturated rings. The number of nitrogens with zero attached hydrogens (tertiary/aromatic N) is 5. The minimum Gasteiger partial charge on any atom is -0.310 e. The third-order valence-electron chi connectivity index (χ3n) is 4.41. The number of imidazole rings is 1. The van der Waals surface area contributed by atoms with Crippen molar-refractivity contribution in [1.29, 1.82) is 0 Å². The molecular weight excluding hydrogens is 478 g/mol. The standard InChI is InChI=1S/C18H16F6N6O2S/c1-3-33(31,32)13-5-4-11(8-26-27-9-17(19,20)21)28-14(13)16-29-12-6-10(18(22,23)24)7-25-15(12)30(16)2/h4-8,27H,3,9H2,1-2H3/b26-8+. The molecule has 0 aliphatic rings. The molecule has 0 aliphatic heterocycles. The van der Waals surface area contributed by atoms with Gasteiger partial charge in [0.05, 0.1) is 28.1 Å². The van der Waals surface area contributed by atoms with Gasteiger partial charge >= 0.3 is 12.4 Å². The first-order chi connectivity index (χ1) is 15.2. The summed E-state index contributed by atoms with van der Waals surface area (Å²) in [4.78, 5) is 11.8. The van der Waals surface area contributed by atoms with Crippen molar-refractivity contribution in [2.75, 3.05) is 12.3 Å². The van der Waals surface area contributed by atoms with Crippen molar-refractivity contribution in [3.8, 4) is 11.5 Å². The van der Waals surface area contributed by atoms with Crippen molar-refractivity contribution in [2.45, 2.75) is 24.2 Å². The van der Waals surface area contributed by atoms with Crippen molar-refractivity contribution < 1.29 is 34.8 Å². The molecule has 0 saturated carbocycles. The number of rotatable bonds is 6. The summed E-state index contributed by atoms with van der Waals surface area (Å²) in [5.41, 5.74) is 0.446. The second-order valence-electron chi connectivity index (χ2n) is 6.75. The van der Waals surface area contributed by atoms with Crippen LogP contribution in [0.3, 0.4) is 0 Å². The molecule has 0 radical (unpaired) electrons. The molecule has 0 bridgehead atoms. The largest absolute Gasteiger partial charge is 0.417 e. The Bertz CT molecular complexity index is 1310. The summed E-state index contributed by atoms with van der Waals surface area (Å²) < 4.78 is 102. The second kappa shape index (κ2) is 8.61. The zero-order chi connectivity index (χ0) is 24.6. The fourth-order valence-corrected chi connectivity index (χ4v) is 3.81. The summed E-state index contributed by atoms with van der Waals surface area (Å²) in [7, 11) is -2.43. The van der Waals surface area contributed by atoms with Gasteiger partial charge in [-0.3, -0.25) is 0 Å². The molecule has 0 aliphatic carbocycles. The molecule has 178 valence electrons. The van der Waals surface area contributed by atoms with Crippen LogP contribution in [0.5, 0.6) is 0 Å². The van der Waals surface area contributed by atoms with E-state index in [1.54, 1.807) is 5.43 Å². The zero-order valence-corrected chi connectivity index (χ0v) is 17.8. The number of hydrogen-bond acceptors (Lipinski definition) is 7. The third kappa shape index (κ3) is 5.40. The summed E-state index contributed by atoms with van der Waals surface area (Å²) in [6.07, 6.45) is -7.58. The van der Waals surface area contributed by atoms with Gasteiger partial charge in [0.1, 0.15) is 17.8 Å². The molecule has 3 rings (SSSR count). The Morgan fingerprint density at radius 3 is 2.45 bits per heavy atom. The van der Waals surface area contributed by atoms with E-state index in [0.717, 1.165) is 12.3 Å². The van der Waals surface area contributed by atoms with Crippen LogP contribution in [0.25, 0.3) is 22.7 Å². The van der Waals surface area contributed by atoms with E-state index in [1.165, 1.54) is 30.7 Å². The van der Waals surface area contributed by atoms with Crippen molar-refractivity contribution in [3.63, 3.8) is 0 Å². The molecule has 0 spiro atoms. The number of aromatic nitrogens is 4. The van der Waals surface area contributed by atoms with Crippen molar-refractivity contribution in [1.82, 2.24) is 24.9 Å². The maximum Gasteiger partial charge on any atom is 0.417 e. The number of alkyl halides is 6. The third-order valence-corrected chi connectivity index (χ3v) is 6.17. The van der Waals surface area contributed by atoms with E-state index < -0.39 is 34.3 Å². The van der Waals surface area contributed by atoms with Gasteiger partial charge in [0, 0.05) is 13.2 Å². The summed E-state index contributed by atoms with van der Waals surface area (Å²) in [5, 5.41) is 3.41. The van der Waals surface area contributed by atoms with Crippen LogP contribution in [0.1, 0.15) is 18.2 Å². The van der Waals surface area contributed by atoms with Crippen LogP contribution in [-0.2, 0) is 23.1 Å². The predicted molar refractivity (Wildman–Crippen MR) is 106 cm³/mol. The lowest BCUT2D eigenvalue weighted by Crippen LogP contribution is -2.25. The highest BCUT2D eigenvalue weighted by molar-refractivity contribution is 7.91. The predicted octanol–water partition coefficient (Wildman–Crippen LogP) is 3.33. The van der Waals surface area contributed by atoms with Gasteiger partial charge in [0.15, 0.2) is 21.3 Å². The highest BCUT2D eigenvalue weighted by Crippen LogP contribution is 2.32. The Balaban J connectivity index is 2.14. The molecule has 0 saturated heterocycles. The number of halogens is 6. The SMILES string of the molecule is CCS(=O)(=O)c1ccc(/C=N/NCC(F)(F)F)nc1-c1nc2cc(C(F)(F)F)cnc2n1C. The maximum atomic E-state index is 13.0. The molecule has 33 heavy (non-hydrogen) atoms. The van der Waals surface area contributed by atoms with Gasteiger partial charge in [-0.25, -0.2) is 23.4 Å². The molecule has 15 heteroatoms. The van der Waals surface area contributed by atoms with E-state index in [4.69, 9.17) is 0 Å². The van der Waals surface area contributed by atoms with Gasteiger partial charge in [-0.2, -0.15) is 31.4 Å². The lowest BCUT2D eigenvalue weighted by molar-refractivity contribution is -0.137. The lowest BCUT2D eigenvalue weighted by atomic mass is 10.2. The highest BCUT2D eigenvalue weighted by Gasteiger charge is 2.32. The van der Waals surface area contributed by atoms with E-state index >= 15 is 0 Å². The summed E-state index contributed by atoms with van der Waals surface area (Å²) in [6, 6.07) is 3.18. The minimum atomic E-state index is -4.66. The fraction of sp³-hybridized carbons (Fsp3) is 0.333. The number of hydrogen-bond donors (Lipinski definition) is 1. The van der Waals surface area contributed by atoms with Gasteiger partial charge in [0.25, 0.3) is 0 Å². The molecule has 3 heterocycles. The lowest BCUT2D eigenvalue weighted by Gasteiger charge is -2.10. The zero-order valence-electron chi connectivity index (χ0n) is 17.0. The van der Waals surface area contributed by atoms with E-state index in [2.05, 4.69) is 20.1 Å². The Morgan fingerprint density at radius 1 is 1.15 bits per heavy atom. The van der Waals surface area contributed by atoms with Gasteiger partial charge in [-0.05, 0) is 18.2 Å². The van der Waals surface area contributed by atoms with E-state index in [0.29, 0.717) is 6.20 Å². The first-order valence-corrected chi connectivity index (χ1v) is 10.8. The summed E-state index contributed by atoms with van der Waals surface area (Å²) in [6.45, 7) is -0.00174. The van der Waals surface area contributed by atoms with Gasteiger partial charge in [0.2, 0.25) is 0 Å². The second-order valence-corrected chi connectivity index (χ2v) is 9.00. The van der Waals surface area contributed by atoms with Crippen LogP contribution in [-0.4, -0.2) is 52.6 Å². The average Bonchev–Trinajstić information content (AvgIpc) is 3.05. The number of aryl methyl sites for hydroxylation is 1. The van der Waals surface area contributed by atoms with Crippen molar-refractivity contribution in [2.24, 2.45) is 12.1 Å². The molecule has 0 atom stereocenters. The van der Waals surface area contributed by atoms with Crippen LogP contribution >= 0.6 is 0 Å². The van der Waals surface area contributed by atoms with Gasteiger partial charge in [-0.15, -0.1) is 0 Å². The van der Waals surface area contributed by atoms with E-state index in [9.17, 15) is 34.8 Å². The number of sulfone groups is 1.